The summed E-state index contributed by atoms with van der Waals surface area (Å²) in [6.07, 6.45) is -9.50. The third-order valence-corrected chi connectivity index (χ3v) is 5.75. The summed E-state index contributed by atoms with van der Waals surface area (Å²) >= 11 is 0. The van der Waals surface area contributed by atoms with Gasteiger partial charge in [-0.05, 0) is 73.5 Å². The van der Waals surface area contributed by atoms with Crippen LogP contribution in [0.1, 0.15) is 46.9 Å². The molecule has 38 heavy (non-hydrogen) atoms. The summed E-state index contributed by atoms with van der Waals surface area (Å²) in [5, 5.41) is 0. The number of amides is 1. The minimum absolute atomic E-state index is 0.0433. The number of hydrogen-bond acceptors (Lipinski definition) is 4. The van der Waals surface area contributed by atoms with Crippen molar-refractivity contribution < 1.29 is 45.3 Å². The third-order valence-electron chi connectivity index (χ3n) is 5.75. The van der Waals surface area contributed by atoms with Gasteiger partial charge in [0.15, 0.2) is 0 Å². The second-order valence-corrected chi connectivity index (χ2v) is 8.88. The minimum Gasteiger partial charge on any atom is -0.491 e. The summed E-state index contributed by atoms with van der Waals surface area (Å²) in [5.41, 5.74) is 0.116. The molecule has 0 aromatic heterocycles. The van der Waals surface area contributed by atoms with E-state index in [1.54, 1.807) is 24.3 Å². The van der Waals surface area contributed by atoms with E-state index >= 15 is 0 Å². The predicted octanol–water partition coefficient (Wildman–Crippen LogP) is 7.17. The summed E-state index contributed by atoms with van der Waals surface area (Å²) in [5.74, 6) is -0.203. The van der Waals surface area contributed by atoms with E-state index in [1.165, 1.54) is 23.1 Å². The molecule has 0 aliphatic carbocycles. The van der Waals surface area contributed by atoms with E-state index in [2.05, 4.69) is 4.74 Å². The van der Waals surface area contributed by atoms with E-state index < -0.39 is 35.8 Å². The molecule has 0 saturated heterocycles. The van der Waals surface area contributed by atoms with Gasteiger partial charge in [-0.25, -0.2) is 0 Å². The Hall–Kier alpha value is -3.89. The minimum atomic E-state index is -4.84. The largest absolute Gasteiger partial charge is 0.573 e. The van der Waals surface area contributed by atoms with Crippen molar-refractivity contribution in [2.45, 2.75) is 45.1 Å². The Bertz CT molecular complexity index is 1270. The van der Waals surface area contributed by atoms with E-state index in [4.69, 9.17) is 9.47 Å². The van der Waals surface area contributed by atoms with Crippen molar-refractivity contribution in [1.29, 1.82) is 0 Å². The molecule has 0 bridgehead atoms. The van der Waals surface area contributed by atoms with Gasteiger partial charge >= 0.3 is 12.5 Å². The van der Waals surface area contributed by atoms with Crippen molar-refractivity contribution >= 4 is 5.91 Å². The molecule has 3 aromatic rings. The monoisotopic (exact) mass is 539 g/mol. The normalized spacial score (nSPS) is 14.4. The summed E-state index contributed by atoms with van der Waals surface area (Å²) in [6.45, 7) is 3.68. The second kappa shape index (κ2) is 10.5. The smallest absolute Gasteiger partial charge is 0.491 e. The van der Waals surface area contributed by atoms with Crippen LogP contribution in [-0.2, 0) is 12.7 Å². The molecule has 1 atom stereocenters. The Labute approximate surface area is 214 Å². The number of carbonyl (C=O) groups is 1. The molecule has 1 aliphatic rings. The van der Waals surface area contributed by atoms with Crippen molar-refractivity contribution in [2.24, 2.45) is 0 Å². The second-order valence-electron chi connectivity index (χ2n) is 8.88. The van der Waals surface area contributed by atoms with Crippen LogP contribution >= 0.6 is 0 Å². The SMILES string of the molecule is CC(C)Oc1ccc(C(COc2ccc(OC(F)(F)F)cc2)N2Cc3ccc(C(F)(F)F)cc3C2=O)cc1. The lowest BCUT2D eigenvalue weighted by Gasteiger charge is -2.28. The van der Waals surface area contributed by atoms with Gasteiger partial charge in [0.1, 0.15) is 23.9 Å². The van der Waals surface area contributed by atoms with Gasteiger partial charge in [-0.2, -0.15) is 13.2 Å². The first-order chi connectivity index (χ1) is 17.8. The lowest BCUT2D eigenvalue weighted by atomic mass is 10.1. The Morgan fingerprint density at radius 2 is 1.45 bits per heavy atom. The van der Waals surface area contributed by atoms with Gasteiger partial charge in [0, 0.05) is 12.1 Å². The molecule has 3 aromatic carbocycles. The van der Waals surface area contributed by atoms with Crippen LogP contribution in [0.25, 0.3) is 0 Å². The highest BCUT2D eigenvalue weighted by Gasteiger charge is 2.38. The average molecular weight is 539 g/mol. The van der Waals surface area contributed by atoms with E-state index in [1.807, 2.05) is 13.8 Å². The van der Waals surface area contributed by atoms with Crippen LogP contribution in [0, 0.1) is 0 Å². The highest BCUT2D eigenvalue weighted by molar-refractivity contribution is 5.98. The van der Waals surface area contributed by atoms with Gasteiger partial charge in [0.25, 0.3) is 5.91 Å². The summed E-state index contributed by atoms with van der Waals surface area (Å²) < 4.78 is 92.3. The lowest BCUT2D eigenvalue weighted by molar-refractivity contribution is -0.274. The summed E-state index contributed by atoms with van der Waals surface area (Å²) in [7, 11) is 0. The van der Waals surface area contributed by atoms with Gasteiger partial charge in [-0.1, -0.05) is 18.2 Å². The first kappa shape index (κ1) is 27.2. The molecule has 0 N–H and O–H groups in total. The third kappa shape index (κ3) is 6.51. The maximum Gasteiger partial charge on any atom is 0.573 e. The van der Waals surface area contributed by atoms with Gasteiger partial charge in [0.05, 0.1) is 17.7 Å². The van der Waals surface area contributed by atoms with Crippen molar-refractivity contribution in [3.63, 3.8) is 0 Å². The van der Waals surface area contributed by atoms with Crippen LogP contribution in [0.5, 0.6) is 17.2 Å². The topological polar surface area (TPSA) is 48.0 Å². The first-order valence-electron chi connectivity index (χ1n) is 11.6. The Morgan fingerprint density at radius 1 is 0.842 bits per heavy atom. The molecule has 1 unspecified atom stereocenters. The summed E-state index contributed by atoms with van der Waals surface area (Å²) in [6, 6.07) is 14.0. The molecule has 0 radical (unpaired) electrons. The predicted molar refractivity (Wildman–Crippen MR) is 125 cm³/mol. The van der Waals surface area contributed by atoms with E-state index in [0.29, 0.717) is 16.9 Å². The zero-order valence-corrected chi connectivity index (χ0v) is 20.3. The van der Waals surface area contributed by atoms with Crippen LogP contribution in [0.4, 0.5) is 26.3 Å². The number of nitrogens with zero attached hydrogens (tertiary/aromatic N) is 1. The van der Waals surface area contributed by atoms with Crippen LogP contribution in [0.3, 0.4) is 0 Å². The molecule has 5 nitrogen and oxygen atoms in total. The van der Waals surface area contributed by atoms with Gasteiger partial charge in [-0.3, -0.25) is 4.79 Å². The van der Waals surface area contributed by atoms with Gasteiger partial charge in [-0.15, -0.1) is 13.2 Å². The number of carbonyl (C=O) groups excluding carboxylic acids is 1. The maximum absolute atomic E-state index is 13.2. The molecule has 0 spiro atoms. The Balaban J connectivity index is 1.59. The van der Waals surface area contributed by atoms with Crippen LogP contribution in [-0.4, -0.2) is 29.9 Å². The molecular formula is C27H23F6NO4. The number of halogens is 6. The van der Waals surface area contributed by atoms with E-state index in [-0.39, 0.29) is 30.6 Å². The molecule has 11 heteroatoms. The van der Waals surface area contributed by atoms with Crippen LogP contribution in [0.2, 0.25) is 0 Å². The Kier molecular flexibility index (Phi) is 7.48. The molecule has 4 rings (SSSR count). The van der Waals surface area contributed by atoms with Crippen molar-refractivity contribution in [2.75, 3.05) is 6.61 Å². The number of rotatable bonds is 8. The molecule has 202 valence electrons. The quantitative estimate of drug-likeness (QED) is 0.285. The highest BCUT2D eigenvalue weighted by Crippen LogP contribution is 2.37. The van der Waals surface area contributed by atoms with Gasteiger partial charge < -0.3 is 19.1 Å². The lowest BCUT2D eigenvalue weighted by Crippen LogP contribution is -2.33. The number of hydrogen-bond donors (Lipinski definition) is 0. The fraction of sp³-hybridized carbons (Fsp3) is 0.296. The van der Waals surface area contributed by atoms with Crippen molar-refractivity contribution in [3.05, 3.63) is 89.0 Å². The van der Waals surface area contributed by atoms with Crippen molar-refractivity contribution in [3.8, 4) is 17.2 Å². The zero-order valence-electron chi connectivity index (χ0n) is 20.3. The molecular weight excluding hydrogens is 516 g/mol. The maximum atomic E-state index is 13.2. The molecule has 0 fully saturated rings. The van der Waals surface area contributed by atoms with Crippen molar-refractivity contribution in [1.82, 2.24) is 4.90 Å². The number of benzene rings is 3. The number of alkyl halides is 6. The molecule has 0 saturated carbocycles. The molecule has 1 amide bonds. The highest BCUT2D eigenvalue weighted by atomic mass is 19.4. The fourth-order valence-electron chi connectivity index (χ4n) is 4.07. The number of fused-ring (bicyclic) bond motifs is 1. The van der Waals surface area contributed by atoms with Gasteiger partial charge in [0.2, 0.25) is 0 Å². The molecule has 1 aliphatic heterocycles. The first-order valence-corrected chi connectivity index (χ1v) is 11.6. The van der Waals surface area contributed by atoms with E-state index in [0.717, 1.165) is 24.3 Å². The fourth-order valence-corrected chi connectivity index (χ4v) is 4.07. The number of ether oxygens (including phenoxy) is 3. The summed E-state index contributed by atoms with van der Waals surface area (Å²) in [4.78, 5) is 14.7. The van der Waals surface area contributed by atoms with E-state index in [9.17, 15) is 31.1 Å². The Morgan fingerprint density at radius 3 is 2.03 bits per heavy atom. The molecule has 1 heterocycles. The zero-order chi connectivity index (χ0) is 27.7. The average Bonchev–Trinajstić information content (AvgIpc) is 3.15. The van der Waals surface area contributed by atoms with Crippen LogP contribution in [0.15, 0.2) is 66.7 Å². The van der Waals surface area contributed by atoms with Crippen LogP contribution < -0.4 is 14.2 Å². The standard InChI is InChI=1S/C27H23F6NO4/c1-16(2)37-21-7-4-17(5-8-21)24(15-36-20-9-11-22(12-10-20)38-27(31,32)33)34-14-18-3-6-19(26(28,29)30)13-23(18)25(34)35/h3-13,16,24H,14-15H2,1-2H3.